The summed E-state index contributed by atoms with van der Waals surface area (Å²) in [5.74, 6) is 0.321. The van der Waals surface area contributed by atoms with Crippen molar-refractivity contribution in [2.75, 3.05) is 40.8 Å². The van der Waals surface area contributed by atoms with Crippen LogP contribution in [0.4, 0.5) is 4.39 Å². The van der Waals surface area contributed by atoms with Crippen molar-refractivity contribution in [1.82, 2.24) is 15.1 Å². The second kappa shape index (κ2) is 12.1. The van der Waals surface area contributed by atoms with Gasteiger partial charge in [-0.05, 0) is 37.0 Å². The molecule has 1 saturated heterocycles. The fourth-order valence-electron chi connectivity index (χ4n) is 2.71. The lowest BCUT2D eigenvalue weighted by Gasteiger charge is -2.27. The van der Waals surface area contributed by atoms with Gasteiger partial charge in [0.25, 0.3) is 0 Å². The molecule has 1 aromatic rings. The average Bonchev–Trinajstić information content (AvgIpc) is 2.64. The molecule has 2 rings (SSSR count). The fourth-order valence-corrected chi connectivity index (χ4v) is 2.71. The highest BCUT2D eigenvalue weighted by Crippen LogP contribution is 2.12. The molecular weight excluding hydrogens is 462 g/mol. The molecule has 1 unspecified atom stereocenters. The molecule has 0 saturated carbocycles. The topological polar surface area (TPSA) is 57.2 Å². The number of amides is 1. The van der Waals surface area contributed by atoms with E-state index in [9.17, 15) is 9.18 Å². The second-order valence-electron chi connectivity index (χ2n) is 6.78. The summed E-state index contributed by atoms with van der Waals surface area (Å²) in [6, 6.07) is 6.38. The smallest absolute Gasteiger partial charge is 0.243 e. The van der Waals surface area contributed by atoms with Crippen LogP contribution in [0.2, 0.25) is 0 Å². The van der Waals surface area contributed by atoms with Gasteiger partial charge in [-0.15, -0.1) is 24.0 Å². The lowest BCUT2D eigenvalue weighted by molar-refractivity contribution is -0.127. The van der Waals surface area contributed by atoms with E-state index >= 15 is 0 Å². The predicted molar refractivity (Wildman–Crippen MR) is 116 cm³/mol. The van der Waals surface area contributed by atoms with Crippen LogP contribution in [0, 0.1) is 5.82 Å². The molecule has 0 aliphatic carbocycles. The van der Waals surface area contributed by atoms with Gasteiger partial charge in [0.1, 0.15) is 12.4 Å². The quantitative estimate of drug-likeness (QED) is 0.377. The lowest BCUT2D eigenvalue weighted by Crippen LogP contribution is -2.43. The monoisotopic (exact) mass is 492 g/mol. The number of aliphatic imine (C=N–C) groups is 1. The largest absolute Gasteiger partial charge is 0.376 e. The van der Waals surface area contributed by atoms with Gasteiger partial charge >= 0.3 is 0 Å². The van der Waals surface area contributed by atoms with E-state index in [2.05, 4.69) is 10.3 Å². The first-order chi connectivity index (χ1) is 12.5. The van der Waals surface area contributed by atoms with Crippen molar-refractivity contribution in [3.63, 3.8) is 0 Å². The van der Waals surface area contributed by atoms with Crippen molar-refractivity contribution in [2.24, 2.45) is 4.99 Å². The van der Waals surface area contributed by atoms with E-state index in [4.69, 9.17) is 4.74 Å². The number of nitrogens with one attached hydrogen (secondary N) is 1. The maximum Gasteiger partial charge on any atom is 0.243 e. The van der Waals surface area contributed by atoms with Gasteiger partial charge < -0.3 is 19.9 Å². The molecule has 0 bridgehead atoms. The molecule has 152 valence electrons. The number of hydrogen-bond acceptors (Lipinski definition) is 3. The van der Waals surface area contributed by atoms with Crippen LogP contribution in [0.3, 0.4) is 0 Å². The van der Waals surface area contributed by atoms with Crippen LogP contribution in [0.1, 0.15) is 24.8 Å². The minimum atomic E-state index is -0.255. The Morgan fingerprint density at radius 1 is 1.26 bits per heavy atom. The van der Waals surface area contributed by atoms with Crippen LogP contribution in [0.25, 0.3) is 0 Å². The van der Waals surface area contributed by atoms with Gasteiger partial charge in [-0.2, -0.15) is 0 Å². The van der Waals surface area contributed by atoms with E-state index in [0.717, 1.165) is 25.0 Å². The van der Waals surface area contributed by atoms with Gasteiger partial charge in [-0.3, -0.25) is 4.79 Å². The van der Waals surface area contributed by atoms with Gasteiger partial charge in [0.2, 0.25) is 5.91 Å². The van der Waals surface area contributed by atoms with Gasteiger partial charge in [0, 0.05) is 40.8 Å². The summed E-state index contributed by atoms with van der Waals surface area (Å²) in [5, 5.41) is 3.32. The Balaban J connectivity index is 0.00000364. The summed E-state index contributed by atoms with van der Waals surface area (Å²) in [5.41, 5.74) is 0.969. The Kier molecular flexibility index (Phi) is 10.6. The molecule has 6 nitrogen and oxygen atoms in total. The third kappa shape index (κ3) is 8.42. The standard InChI is InChI=1S/C19H29FN4O2.HI/c1-23(2)18(25)13-22-19(21-12-17-6-4-5-11-26-17)24(3)14-15-7-9-16(20)10-8-15;/h7-10,17H,4-6,11-14H2,1-3H3,(H,21,22);1H. The van der Waals surface area contributed by atoms with E-state index in [1.54, 1.807) is 26.2 Å². The first-order valence-corrected chi connectivity index (χ1v) is 9.01. The Bertz CT molecular complexity index is 604. The molecule has 1 aliphatic rings. The van der Waals surface area contributed by atoms with E-state index in [1.165, 1.54) is 23.5 Å². The molecule has 0 spiro atoms. The number of carbonyl (C=O) groups is 1. The van der Waals surface area contributed by atoms with Gasteiger partial charge in [0.15, 0.2) is 5.96 Å². The number of hydrogen-bond donors (Lipinski definition) is 1. The van der Waals surface area contributed by atoms with Crippen molar-refractivity contribution in [1.29, 1.82) is 0 Å². The zero-order chi connectivity index (χ0) is 18.9. The molecule has 1 fully saturated rings. The third-order valence-electron chi connectivity index (χ3n) is 4.32. The molecule has 1 aromatic carbocycles. The fraction of sp³-hybridized carbons (Fsp3) is 0.579. The minimum absolute atomic E-state index is 0. The number of nitrogens with zero attached hydrogens (tertiary/aromatic N) is 3. The highest BCUT2D eigenvalue weighted by Gasteiger charge is 2.16. The molecular formula is C19H30FIN4O2. The summed E-state index contributed by atoms with van der Waals surface area (Å²) in [6.45, 7) is 2.09. The summed E-state index contributed by atoms with van der Waals surface area (Å²) in [7, 11) is 5.32. The first kappa shape index (κ1) is 23.6. The van der Waals surface area contributed by atoms with Gasteiger partial charge in [-0.25, -0.2) is 9.38 Å². The highest BCUT2D eigenvalue weighted by atomic mass is 127. The maximum absolute atomic E-state index is 13.1. The van der Waals surface area contributed by atoms with Crippen molar-refractivity contribution in [3.8, 4) is 0 Å². The molecule has 1 heterocycles. The van der Waals surface area contributed by atoms with Gasteiger partial charge in [-0.1, -0.05) is 12.1 Å². The van der Waals surface area contributed by atoms with Crippen LogP contribution < -0.4 is 5.32 Å². The SMILES string of the molecule is CN(C)C(=O)CN=C(NCC1CCCCO1)N(C)Cc1ccc(F)cc1.I. The summed E-state index contributed by atoms with van der Waals surface area (Å²) < 4.78 is 18.8. The minimum Gasteiger partial charge on any atom is -0.376 e. The van der Waals surface area contributed by atoms with E-state index in [-0.39, 0.29) is 48.3 Å². The van der Waals surface area contributed by atoms with Crippen LogP contribution in [0.15, 0.2) is 29.3 Å². The second-order valence-corrected chi connectivity index (χ2v) is 6.78. The lowest BCUT2D eigenvalue weighted by atomic mass is 10.1. The molecule has 1 atom stereocenters. The molecule has 1 amide bonds. The number of ether oxygens (including phenoxy) is 1. The Labute approximate surface area is 178 Å². The number of guanidine groups is 1. The Morgan fingerprint density at radius 3 is 2.56 bits per heavy atom. The molecule has 8 heteroatoms. The van der Waals surface area contributed by atoms with Crippen LogP contribution in [0.5, 0.6) is 0 Å². The number of rotatable bonds is 6. The maximum atomic E-state index is 13.1. The van der Waals surface area contributed by atoms with E-state index in [0.29, 0.717) is 19.0 Å². The highest BCUT2D eigenvalue weighted by molar-refractivity contribution is 14.0. The van der Waals surface area contributed by atoms with Crippen molar-refractivity contribution in [3.05, 3.63) is 35.6 Å². The Hall–Kier alpha value is -1.42. The summed E-state index contributed by atoms with van der Waals surface area (Å²) in [4.78, 5) is 19.8. The predicted octanol–water partition coefficient (Wildman–Crippen LogP) is 2.48. The number of halogens is 2. The van der Waals surface area contributed by atoms with E-state index < -0.39 is 0 Å². The molecule has 1 aliphatic heterocycles. The van der Waals surface area contributed by atoms with Crippen LogP contribution in [-0.4, -0.2) is 68.6 Å². The number of likely N-dealkylation sites (N-methyl/N-ethyl adjacent to an activating group) is 1. The van der Waals surface area contributed by atoms with Gasteiger partial charge in [0.05, 0.1) is 6.10 Å². The third-order valence-corrected chi connectivity index (χ3v) is 4.32. The van der Waals surface area contributed by atoms with Crippen molar-refractivity contribution < 1.29 is 13.9 Å². The first-order valence-electron chi connectivity index (χ1n) is 9.01. The molecule has 27 heavy (non-hydrogen) atoms. The zero-order valence-electron chi connectivity index (χ0n) is 16.3. The summed E-state index contributed by atoms with van der Waals surface area (Å²) in [6.07, 6.45) is 3.47. The molecule has 1 N–H and O–H groups in total. The number of benzene rings is 1. The summed E-state index contributed by atoms with van der Waals surface area (Å²) >= 11 is 0. The number of carbonyl (C=O) groups excluding carboxylic acids is 1. The normalized spacial score (nSPS) is 17.0. The van der Waals surface area contributed by atoms with E-state index in [1.807, 2.05) is 11.9 Å². The Morgan fingerprint density at radius 2 is 1.96 bits per heavy atom. The van der Waals surface area contributed by atoms with Crippen molar-refractivity contribution in [2.45, 2.75) is 31.9 Å². The van der Waals surface area contributed by atoms with Crippen molar-refractivity contribution >= 4 is 35.8 Å². The zero-order valence-corrected chi connectivity index (χ0v) is 18.6. The molecule has 0 aromatic heterocycles. The van der Waals surface area contributed by atoms with Crippen LogP contribution >= 0.6 is 24.0 Å². The van der Waals surface area contributed by atoms with Crippen LogP contribution in [-0.2, 0) is 16.1 Å². The average molecular weight is 492 g/mol. The molecule has 0 radical (unpaired) electrons.